The number of fused-ring (bicyclic) bond motifs is 1. The van der Waals surface area contributed by atoms with Crippen molar-refractivity contribution in [3.8, 4) is 11.5 Å². The summed E-state index contributed by atoms with van der Waals surface area (Å²) >= 11 is 1.67. The molecule has 0 radical (unpaired) electrons. The Morgan fingerprint density at radius 1 is 1.00 bits per heavy atom. The molecule has 1 fully saturated rings. The average molecular weight is 494 g/mol. The Hall–Kier alpha value is -2.93. The van der Waals surface area contributed by atoms with Crippen molar-refractivity contribution in [2.24, 2.45) is 5.92 Å². The monoisotopic (exact) mass is 493 g/mol. The third-order valence-electron chi connectivity index (χ3n) is 7.38. The summed E-state index contributed by atoms with van der Waals surface area (Å²) in [5.74, 6) is 1.35. The maximum Gasteiger partial charge on any atom is 0.290 e. The SMILES string of the molecule is COc1ccc(CCN2C(=O)C3=C(C(=O)C4CCCCC4O3)C2c2ccc(SC)cc2)cc1OC. The number of rotatable bonds is 7. The highest BCUT2D eigenvalue weighted by atomic mass is 32.2. The molecule has 0 saturated heterocycles. The van der Waals surface area contributed by atoms with Crippen LogP contribution >= 0.6 is 11.8 Å². The minimum atomic E-state index is -0.427. The Bertz CT molecular complexity index is 1160. The Morgan fingerprint density at radius 2 is 1.74 bits per heavy atom. The molecule has 6 nitrogen and oxygen atoms in total. The quantitative estimate of drug-likeness (QED) is 0.508. The van der Waals surface area contributed by atoms with Gasteiger partial charge in [-0.25, -0.2) is 0 Å². The molecule has 7 heteroatoms. The highest BCUT2D eigenvalue weighted by Gasteiger charge is 2.51. The lowest BCUT2D eigenvalue weighted by Crippen LogP contribution is -2.39. The van der Waals surface area contributed by atoms with E-state index in [1.165, 1.54) is 0 Å². The predicted octanol–water partition coefficient (Wildman–Crippen LogP) is 4.96. The number of ketones is 1. The lowest BCUT2D eigenvalue weighted by molar-refractivity contribution is -0.135. The summed E-state index contributed by atoms with van der Waals surface area (Å²) < 4.78 is 17.1. The Labute approximate surface area is 210 Å². The summed E-state index contributed by atoms with van der Waals surface area (Å²) in [6.07, 6.45) is 6.21. The molecule has 0 bridgehead atoms. The van der Waals surface area contributed by atoms with Crippen molar-refractivity contribution in [2.45, 2.75) is 49.1 Å². The maximum atomic E-state index is 13.7. The van der Waals surface area contributed by atoms with Gasteiger partial charge in [-0.15, -0.1) is 11.8 Å². The van der Waals surface area contributed by atoms with Crippen LogP contribution in [0.2, 0.25) is 0 Å². The standard InChI is InChI=1S/C28H31NO5S/c1-32-22-13-8-17(16-23(22)33-2)14-15-29-25(18-9-11-19(35-3)12-10-18)24-26(30)20-6-4-5-7-21(20)34-27(24)28(29)31/h8-13,16,20-21,25H,4-7,14-15H2,1-3H3. The fraction of sp³-hybridized carbons (Fsp3) is 0.429. The number of benzene rings is 2. The van der Waals surface area contributed by atoms with E-state index in [9.17, 15) is 9.59 Å². The molecule has 3 unspecified atom stereocenters. The molecule has 1 amide bonds. The first-order chi connectivity index (χ1) is 17.0. The lowest BCUT2D eigenvalue weighted by Gasteiger charge is -2.35. The van der Waals surface area contributed by atoms with Crippen LogP contribution in [0.3, 0.4) is 0 Å². The Balaban J connectivity index is 1.47. The summed E-state index contributed by atoms with van der Waals surface area (Å²) in [6, 6.07) is 13.5. The molecule has 1 aliphatic carbocycles. The van der Waals surface area contributed by atoms with Crippen LogP contribution in [0, 0.1) is 5.92 Å². The third kappa shape index (κ3) is 4.31. The van der Waals surface area contributed by atoms with Gasteiger partial charge in [-0.1, -0.05) is 24.6 Å². The van der Waals surface area contributed by atoms with Crippen LogP contribution in [-0.2, 0) is 20.7 Å². The number of methoxy groups -OCH3 is 2. The van der Waals surface area contributed by atoms with Gasteiger partial charge in [0, 0.05) is 11.4 Å². The van der Waals surface area contributed by atoms with E-state index in [-0.39, 0.29) is 29.5 Å². The van der Waals surface area contributed by atoms with E-state index < -0.39 is 6.04 Å². The van der Waals surface area contributed by atoms with Crippen LogP contribution in [0.1, 0.15) is 42.9 Å². The average Bonchev–Trinajstić information content (AvgIpc) is 3.18. The molecule has 0 aromatic heterocycles. The Kier molecular flexibility index (Phi) is 6.78. The lowest BCUT2D eigenvalue weighted by atomic mass is 9.77. The number of carbonyl (C=O) groups excluding carboxylic acids is 2. The van der Waals surface area contributed by atoms with Gasteiger partial charge in [0.25, 0.3) is 5.91 Å². The fourth-order valence-corrected chi connectivity index (χ4v) is 5.95. The van der Waals surface area contributed by atoms with Gasteiger partial charge in [0.05, 0.1) is 31.8 Å². The van der Waals surface area contributed by atoms with Gasteiger partial charge in [0.2, 0.25) is 0 Å². The molecule has 0 spiro atoms. The number of ether oxygens (including phenoxy) is 3. The van der Waals surface area contributed by atoms with Crippen molar-refractivity contribution in [2.75, 3.05) is 27.0 Å². The van der Waals surface area contributed by atoms with E-state index in [1.807, 2.05) is 53.6 Å². The molecule has 35 heavy (non-hydrogen) atoms. The third-order valence-corrected chi connectivity index (χ3v) is 8.12. The second kappa shape index (κ2) is 9.97. The second-order valence-corrected chi connectivity index (χ2v) is 10.1. The molecule has 2 aromatic rings. The number of nitrogens with zero attached hydrogens (tertiary/aromatic N) is 1. The second-order valence-electron chi connectivity index (χ2n) is 9.27. The summed E-state index contributed by atoms with van der Waals surface area (Å²) in [7, 11) is 3.22. The smallest absolute Gasteiger partial charge is 0.290 e. The predicted molar refractivity (Wildman–Crippen MR) is 135 cm³/mol. The van der Waals surface area contributed by atoms with Crippen LogP contribution in [-0.4, -0.2) is 49.7 Å². The van der Waals surface area contributed by atoms with Gasteiger partial charge < -0.3 is 19.1 Å². The molecule has 1 saturated carbocycles. The van der Waals surface area contributed by atoms with Crippen LogP contribution < -0.4 is 9.47 Å². The molecule has 184 valence electrons. The number of thioether (sulfide) groups is 1. The van der Waals surface area contributed by atoms with Gasteiger partial charge in [0.1, 0.15) is 6.10 Å². The van der Waals surface area contributed by atoms with E-state index in [1.54, 1.807) is 26.0 Å². The highest BCUT2D eigenvalue weighted by molar-refractivity contribution is 7.98. The Morgan fingerprint density at radius 3 is 2.46 bits per heavy atom. The molecule has 2 aromatic carbocycles. The fourth-order valence-electron chi connectivity index (χ4n) is 5.54. The summed E-state index contributed by atoms with van der Waals surface area (Å²) in [4.78, 5) is 30.3. The van der Waals surface area contributed by atoms with Gasteiger partial charge in [-0.2, -0.15) is 0 Å². The van der Waals surface area contributed by atoms with Crippen LogP contribution in [0.4, 0.5) is 0 Å². The summed E-state index contributed by atoms with van der Waals surface area (Å²) in [5.41, 5.74) is 2.51. The molecular formula is C28H31NO5S. The molecule has 3 atom stereocenters. The molecule has 2 aliphatic heterocycles. The molecule has 3 aliphatic rings. The number of Topliss-reactive ketones (excluding diaryl/α,β-unsaturated/α-hetero) is 1. The normalized spacial score (nSPS) is 23.6. The summed E-state index contributed by atoms with van der Waals surface area (Å²) in [5, 5.41) is 0. The van der Waals surface area contributed by atoms with Gasteiger partial charge in [-0.3, -0.25) is 9.59 Å². The van der Waals surface area contributed by atoms with Gasteiger partial charge in [-0.05, 0) is 67.3 Å². The minimum Gasteiger partial charge on any atom is -0.493 e. The van der Waals surface area contributed by atoms with Crippen LogP contribution in [0.25, 0.3) is 0 Å². The first-order valence-corrected chi connectivity index (χ1v) is 13.4. The van der Waals surface area contributed by atoms with E-state index >= 15 is 0 Å². The zero-order valence-electron chi connectivity index (χ0n) is 20.4. The molecule has 0 N–H and O–H groups in total. The summed E-state index contributed by atoms with van der Waals surface area (Å²) in [6.45, 7) is 0.461. The first-order valence-electron chi connectivity index (χ1n) is 12.2. The highest BCUT2D eigenvalue weighted by Crippen LogP contribution is 2.47. The van der Waals surface area contributed by atoms with Gasteiger partial charge >= 0.3 is 0 Å². The van der Waals surface area contributed by atoms with E-state index in [2.05, 4.69) is 0 Å². The number of amides is 1. The van der Waals surface area contributed by atoms with E-state index in [0.29, 0.717) is 30.0 Å². The zero-order valence-corrected chi connectivity index (χ0v) is 21.2. The van der Waals surface area contributed by atoms with Crippen molar-refractivity contribution < 1.29 is 23.8 Å². The van der Waals surface area contributed by atoms with Crippen LogP contribution in [0.15, 0.2) is 58.7 Å². The van der Waals surface area contributed by atoms with Crippen molar-refractivity contribution in [3.05, 3.63) is 64.9 Å². The topological polar surface area (TPSA) is 65.1 Å². The minimum absolute atomic E-state index is 0.0943. The number of hydrogen-bond acceptors (Lipinski definition) is 6. The molecular weight excluding hydrogens is 462 g/mol. The van der Waals surface area contributed by atoms with Crippen molar-refractivity contribution in [3.63, 3.8) is 0 Å². The number of hydrogen-bond donors (Lipinski definition) is 0. The first kappa shape index (κ1) is 23.8. The van der Waals surface area contributed by atoms with Gasteiger partial charge in [0.15, 0.2) is 23.0 Å². The number of carbonyl (C=O) groups is 2. The molecule has 5 rings (SSSR count). The van der Waals surface area contributed by atoms with E-state index in [0.717, 1.165) is 41.7 Å². The zero-order chi connectivity index (χ0) is 24.5. The van der Waals surface area contributed by atoms with Crippen molar-refractivity contribution in [1.29, 1.82) is 0 Å². The molecule has 2 heterocycles. The maximum absolute atomic E-state index is 13.7. The van der Waals surface area contributed by atoms with Crippen molar-refractivity contribution in [1.82, 2.24) is 4.90 Å². The van der Waals surface area contributed by atoms with Crippen LogP contribution in [0.5, 0.6) is 11.5 Å². The van der Waals surface area contributed by atoms with E-state index in [4.69, 9.17) is 14.2 Å². The van der Waals surface area contributed by atoms with Crippen molar-refractivity contribution >= 4 is 23.5 Å². The largest absolute Gasteiger partial charge is 0.493 e.